The molecule has 0 bridgehead atoms. The van der Waals surface area contributed by atoms with E-state index in [9.17, 15) is 9.59 Å². The van der Waals surface area contributed by atoms with Crippen molar-refractivity contribution in [2.24, 2.45) is 16.6 Å². The van der Waals surface area contributed by atoms with Crippen LogP contribution in [-0.2, 0) is 4.79 Å². The van der Waals surface area contributed by atoms with Gasteiger partial charge in [-0.2, -0.15) is 5.10 Å². The van der Waals surface area contributed by atoms with Gasteiger partial charge in [-0.25, -0.2) is 10.2 Å². The molecule has 1 atom stereocenters. The quantitative estimate of drug-likeness (QED) is 0.371. The molecule has 6 nitrogen and oxygen atoms in total. The largest absolute Gasteiger partial charge is 0.350 e. The molecule has 0 heterocycles. The molecule has 0 saturated heterocycles. The van der Waals surface area contributed by atoms with Crippen LogP contribution in [0.3, 0.4) is 0 Å². The molecular weight excluding hydrogens is 160 g/mol. The molecule has 0 radical (unpaired) electrons. The van der Waals surface area contributed by atoms with Crippen LogP contribution in [0, 0.1) is 0 Å². The number of hydrazone groups is 1. The van der Waals surface area contributed by atoms with E-state index in [2.05, 4.69) is 5.10 Å². The Balaban J connectivity index is 3.67. The Bertz CT molecular complexity index is 202. The van der Waals surface area contributed by atoms with Crippen LogP contribution in [0.5, 0.6) is 0 Å². The molecule has 0 rings (SSSR count). The van der Waals surface area contributed by atoms with Gasteiger partial charge in [0.2, 0.25) is 0 Å². The second kappa shape index (κ2) is 5.25. The smallest absolute Gasteiger partial charge is 0.332 e. The summed E-state index contributed by atoms with van der Waals surface area (Å²) < 4.78 is 0. The van der Waals surface area contributed by atoms with Gasteiger partial charge >= 0.3 is 6.03 Å². The third-order valence-corrected chi connectivity index (χ3v) is 0.964. The zero-order valence-corrected chi connectivity index (χ0v) is 6.78. The van der Waals surface area contributed by atoms with Crippen LogP contribution >= 0.6 is 0 Å². The second-order valence-corrected chi connectivity index (χ2v) is 2.32. The first kappa shape index (κ1) is 10.6. The molecule has 0 aliphatic rings. The molecule has 68 valence electrons. The third-order valence-electron chi connectivity index (χ3n) is 0.964. The van der Waals surface area contributed by atoms with E-state index >= 15 is 0 Å². The molecule has 0 aromatic carbocycles. The minimum atomic E-state index is -0.763. The number of carbonyl (C=O) groups excluding carboxylic acids is 2. The lowest BCUT2D eigenvalue weighted by Crippen LogP contribution is -2.29. The molecule has 0 spiro atoms. The number of urea groups is 1. The highest BCUT2D eigenvalue weighted by Crippen LogP contribution is 1.84. The van der Waals surface area contributed by atoms with Gasteiger partial charge < -0.3 is 11.5 Å². The van der Waals surface area contributed by atoms with Crippen molar-refractivity contribution < 1.29 is 9.59 Å². The van der Waals surface area contributed by atoms with Crippen LogP contribution < -0.4 is 16.9 Å². The first-order valence-corrected chi connectivity index (χ1v) is 3.36. The highest BCUT2D eigenvalue weighted by atomic mass is 16.2. The van der Waals surface area contributed by atoms with Gasteiger partial charge in [-0.15, -0.1) is 0 Å². The number of rotatable bonds is 4. The lowest BCUT2D eigenvalue weighted by Gasteiger charge is -2.00. The number of hydrogen-bond donors (Lipinski definition) is 3. The summed E-state index contributed by atoms with van der Waals surface area (Å²) in [5, 5.41) is 3.40. The summed E-state index contributed by atoms with van der Waals surface area (Å²) in [7, 11) is 0. The molecule has 0 fully saturated rings. The van der Waals surface area contributed by atoms with E-state index in [1.807, 2.05) is 5.43 Å². The first-order valence-electron chi connectivity index (χ1n) is 3.36. The average Bonchev–Trinajstić information content (AvgIpc) is 1.84. The minimum Gasteiger partial charge on any atom is -0.350 e. The topological polar surface area (TPSA) is 111 Å². The van der Waals surface area contributed by atoms with Gasteiger partial charge in [0.05, 0.1) is 0 Å². The Labute approximate surface area is 70.0 Å². The van der Waals surface area contributed by atoms with Gasteiger partial charge in [-0.1, -0.05) is 0 Å². The maximum Gasteiger partial charge on any atom is 0.332 e. The average molecular weight is 172 g/mol. The van der Waals surface area contributed by atoms with Crippen LogP contribution in [0.1, 0.15) is 13.3 Å². The highest BCUT2D eigenvalue weighted by molar-refractivity contribution is 5.81. The summed E-state index contributed by atoms with van der Waals surface area (Å²) in [5.74, 6) is -0.0342. The van der Waals surface area contributed by atoms with Crippen molar-refractivity contribution in [1.29, 1.82) is 0 Å². The van der Waals surface area contributed by atoms with Gasteiger partial charge in [0.15, 0.2) is 0 Å². The fourth-order valence-corrected chi connectivity index (χ4v) is 0.581. The maximum absolute atomic E-state index is 10.5. The van der Waals surface area contributed by atoms with Gasteiger partial charge in [-0.05, 0) is 6.92 Å². The molecule has 6 heteroatoms. The van der Waals surface area contributed by atoms with E-state index < -0.39 is 12.1 Å². The molecule has 5 N–H and O–H groups in total. The van der Waals surface area contributed by atoms with Crippen LogP contribution in [0.2, 0.25) is 0 Å². The Hall–Kier alpha value is -1.43. The number of amides is 2. The third kappa shape index (κ3) is 6.69. The molecule has 0 aliphatic heterocycles. The predicted molar refractivity (Wildman–Crippen MR) is 44.5 cm³/mol. The van der Waals surface area contributed by atoms with Crippen molar-refractivity contribution in [3.05, 3.63) is 0 Å². The van der Waals surface area contributed by atoms with Crippen molar-refractivity contribution in [1.82, 2.24) is 5.43 Å². The van der Waals surface area contributed by atoms with E-state index in [0.29, 0.717) is 0 Å². The molecule has 0 aromatic heterocycles. The summed E-state index contributed by atoms with van der Waals surface area (Å²) in [5.41, 5.74) is 12.1. The molecule has 1 unspecified atom stereocenters. The van der Waals surface area contributed by atoms with Crippen molar-refractivity contribution in [3.8, 4) is 0 Å². The van der Waals surface area contributed by atoms with E-state index in [-0.39, 0.29) is 12.2 Å². The monoisotopic (exact) mass is 172 g/mol. The summed E-state index contributed by atoms with van der Waals surface area (Å²) >= 11 is 0. The highest BCUT2D eigenvalue weighted by Gasteiger charge is 2.01. The lowest BCUT2D eigenvalue weighted by molar-refractivity contribution is -0.117. The maximum atomic E-state index is 10.5. The van der Waals surface area contributed by atoms with E-state index in [4.69, 9.17) is 11.5 Å². The Morgan fingerprint density at radius 1 is 1.67 bits per heavy atom. The zero-order valence-electron chi connectivity index (χ0n) is 6.78. The number of Topliss-reactive ketones (excluding diaryl/α,β-unsaturated/α-hetero) is 1. The van der Waals surface area contributed by atoms with E-state index in [0.717, 1.165) is 0 Å². The molecule has 0 saturated carbocycles. The number of nitrogens with two attached hydrogens (primary N) is 2. The SMILES string of the molecule is CC(=O)CC(N)/C=N\NC(N)=O. The van der Waals surface area contributed by atoms with Crippen LogP contribution in [0.15, 0.2) is 5.10 Å². The second-order valence-electron chi connectivity index (χ2n) is 2.32. The number of hydrogen-bond acceptors (Lipinski definition) is 4. The predicted octanol–water partition coefficient (Wildman–Crippen LogP) is -1.05. The van der Waals surface area contributed by atoms with Gasteiger partial charge in [0, 0.05) is 18.7 Å². The normalized spacial score (nSPS) is 12.8. The number of nitrogens with zero attached hydrogens (tertiary/aromatic N) is 1. The Kier molecular flexibility index (Phi) is 4.62. The Morgan fingerprint density at radius 3 is 2.67 bits per heavy atom. The van der Waals surface area contributed by atoms with Crippen molar-refractivity contribution in [3.63, 3.8) is 0 Å². The number of primary amides is 1. The summed E-state index contributed by atoms with van der Waals surface area (Å²) in [4.78, 5) is 20.6. The number of ketones is 1. The number of nitrogens with one attached hydrogen (secondary N) is 1. The Morgan fingerprint density at radius 2 is 2.25 bits per heavy atom. The van der Waals surface area contributed by atoms with Gasteiger partial charge in [0.25, 0.3) is 0 Å². The fourth-order valence-electron chi connectivity index (χ4n) is 0.581. The first-order chi connectivity index (χ1) is 5.52. The van der Waals surface area contributed by atoms with Gasteiger partial charge in [0.1, 0.15) is 5.78 Å². The van der Waals surface area contributed by atoms with Crippen molar-refractivity contribution in [2.75, 3.05) is 0 Å². The molecule has 0 aliphatic carbocycles. The molecule has 0 aromatic rings. The molecular formula is C6H12N4O2. The molecule has 2 amide bonds. The minimum absolute atomic E-state index is 0.0342. The van der Waals surface area contributed by atoms with Crippen molar-refractivity contribution >= 4 is 18.0 Å². The summed E-state index contributed by atoms with van der Waals surface area (Å²) in [6.07, 6.45) is 1.45. The zero-order chi connectivity index (χ0) is 9.56. The van der Waals surface area contributed by atoms with Crippen LogP contribution in [0.25, 0.3) is 0 Å². The molecule has 12 heavy (non-hydrogen) atoms. The van der Waals surface area contributed by atoms with Gasteiger partial charge in [-0.3, -0.25) is 4.79 Å². The van der Waals surface area contributed by atoms with E-state index in [1.165, 1.54) is 13.1 Å². The number of carbonyl (C=O) groups is 2. The standard InChI is InChI=1S/C6H12N4O2/c1-4(11)2-5(7)3-9-10-6(8)12/h3,5H,2,7H2,1H3,(H3,8,10,12)/b9-3-. The van der Waals surface area contributed by atoms with E-state index in [1.54, 1.807) is 0 Å². The lowest BCUT2D eigenvalue weighted by atomic mass is 10.2. The summed E-state index contributed by atoms with van der Waals surface area (Å²) in [6.45, 7) is 1.43. The fraction of sp³-hybridized carbons (Fsp3) is 0.500. The van der Waals surface area contributed by atoms with Crippen LogP contribution in [0.4, 0.5) is 4.79 Å². The van der Waals surface area contributed by atoms with Crippen LogP contribution in [-0.4, -0.2) is 24.1 Å². The summed E-state index contributed by atoms with van der Waals surface area (Å²) in [6, 6.07) is -1.24. The van der Waals surface area contributed by atoms with Crippen molar-refractivity contribution in [2.45, 2.75) is 19.4 Å².